The van der Waals surface area contributed by atoms with Gasteiger partial charge in [0.25, 0.3) is 0 Å². The maximum atomic E-state index is 12.2. The van der Waals surface area contributed by atoms with Crippen molar-refractivity contribution in [3.05, 3.63) is 35.4 Å². The highest BCUT2D eigenvalue weighted by Gasteiger charge is 2.40. The summed E-state index contributed by atoms with van der Waals surface area (Å²) in [6, 6.07) is 5.64. The van der Waals surface area contributed by atoms with Crippen LogP contribution in [0.15, 0.2) is 24.3 Å². The molecule has 1 aromatic rings. The number of alkyl halides is 3. The van der Waals surface area contributed by atoms with Crippen LogP contribution in [0.1, 0.15) is 62.5 Å². The van der Waals surface area contributed by atoms with E-state index in [0.29, 0.717) is 11.1 Å². The normalized spacial score (nSPS) is 16.3. The van der Waals surface area contributed by atoms with Gasteiger partial charge in [0, 0.05) is 12.0 Å². The van der Waals surface area contributed by atoms with Crippen molar-refractivity contribution in [2.24, 2.45) is 0 Å². The fourth-order valence-electron chi connectivity index (χ4n) is 2.01. The molecule has 2 rings (SSSR count). The number of carbonyl (C=O) groups is 2. The first-order valence-electron chi connectivity index (χ1n) is 7.39. The molecule has 0 aliphatic heterocycles. The van der Waals surface area contributed by atoms with Crippen LogP contribution in [0.5, 0.6) is 0 Å². The maximum absolute atomic E-state index is 12.2. The second-order valence-corrected chi connectivity index (χ2v) is 4.07. The van der Waals surface area contributed by atoms with Crippen LogP contribution in [0.25, 0.3) is 0 Å². The van der Waals surface area contributed by atoms with Crippen LogP contribution in [0.2, 0.25) is 0 Å². The van der Waals surface area contributed by atoms with Gasteiger partial charge < -0.3 is 5.32 Å². The van der Waals surface area contributed by atoms with Gasteiger partial charge in [0.05, 0.1) is 6.04 Å². The van der Waals surface area contributed by atoms with Gasteiger partial charge in [-0.3, -0.25) is 9.59 Å². The van der Waals surface area contributed by atoms with E-state index in [4.69, 9.17) is 0 Å². The summed E-state index contributed by atoms with van der Waals surface area (Å²) in [4.78, 5) is 22.5. The average Bonchev–Trinajstić information content (AvgIpc) is 2.53. The highest BCUT2D eigenvalue weighted by Crippen LogP contribution is 2.30. The van der Waals surface area contributed by atoms with Crippen LogP contribution >= 0.6 is 0 Å². The Bertz CT molecular complexity index is 498. The highest BCUT2D eigenvalue weighted by atomic mass is 19.4. The molecule has 3 nitrogen and oxygen atoms in total. The van der Waals surface area contributed by atoms with Crippen LogP contribution in [-0.4, -0.2) is 17.9 Å². The molecule has 0 bridgehead atoms. The van der Waals surface area contributed by atoms with E-state index < -0.39 is 18.1 Å². The lowest BCUT2D eigenvalue weighted by Crippen LogP contribution is -2.40. The minimum absolute atomic E-state index is 0.108. The van der Waals surface area contributed by atoms with Crippen molar-refractivity contribution in [1.82, 2.24) is 5.32 Å². The van der Waals surface area contributed by atoms with E-state index in [0.717, 1.165) is 0 Å². The number of fused-ring (bicyclic) bond motifs is 1. The molecule has 0 heterocycles. The Balaban J connectivity index is 0.00000102. The summed E-state index contributed by atoms with van der Waals surface area (Å²) < 4.78 is 36.5. The Hall–Kier alpha value is -1.85. The highest BCUT2D eigenvalue weighted by molar-refractivity contribution is 5.99. The summed E-state index contributed by atoms with van der Waals surface area (Å²) in [6.07, 6.45) is -4.58. The summed E-state index contributed by atoms with van der Waals surface area (Å²) in [6.45, 7) is 8.00. The van der Waals surface area contributed by atoms with E-state index in [9.17, 15) is 22.8 Å². The first-order chi connectivity index (χ1) is 10.4. The van der Waals surface area contributed by atoms with E-state index >= 15 is 0 Å². The van der Waals surface area contributed by atoms with E-state index in [2.05, 4.69) is 0 Å². The molecule has 1 amide bonds. The number of rotatable bonds is 1. The molecule has 0 fully saturated rings. The molecule has 1 atom stereocenters. The number of ketones is 1. The molecule has 22 heavy (non-hydrogen) atoms. The minimum atomic E-state index is -4.91. The molecule has 1 aliphatic rings. The first-order valence-corrected chi connectivity index (χ1v) is 7.39. The summed E-state index contributed by atoms with van der Waals surface area (Å²) >= 11 is 0. The predicted octanol–water partition coefficient (Wildman–Crippen LogP) is 4.44. The summed E-state index contributed by atoms with van der Waals surface area (Å²) in [5.41, 5.74) is 0.836. The Morgan fingerprint density at radius 3 is 2.23 bits per heavy atom. The zero-order valence-electron chi connectivity index (χ0n) is 13.3. The standard InChI is InChI=1S/C12H10F3NO2.2C2H6/c13-12(14,15)11(18)16-9-5-6-10(17)8-4-2-1-3-7(8)9;2*1-2/h1-4,9H,5-6H2,(H,16,18);2*1-2H3/t9-;;/m1../s1. The van der Waals surface area contributed by atoms with Crippen molar-refractivity contribution < 1.29 is 22.8 Å². The van der Waals surface area contributed by atoms with E-state index in [1.54, 1.807) is 24.3 Å². The molecule has 124 valence electrons. The van der Waals surface area contributed by atoms with Gasteiger partial charge in [0.1, 0.15) is 0 Å². The summed E-state index contributed by atoms with van der Waals surface area (Å²) in [5.74, 6) is -2.08. The summed E-state index contributed by atoms with van der Waals surface area (Å²) in [5, 5.41) is 1.92. The van der Waals surface area contributed by atoms with Crippen molar-refractivity contribution in [2.75, 3.05) is 0 Å². The van der Waals surface area contributed by atoms with Crippen LogP contribution in [0, 0.1) is 0 Å². The number of nitrogens with one attached hydrogen (secondary N) is 1. The lowest BCUT2D eigenvalue weighted by molar-refractivity contribution is -0.174. The van der Waals surface area contributed by atoms with Crippen molar-refractivity contribution in [1.29, 1.82) is 0 Å². The van der Waals surface area contributed by atoms with E-state index in [1.165, 1.54) is 0 Å². The maximum Gasteiger partial charge on any atom is 0.471 e. The third-order valence-corrected chi connectivity index (χ3v) is 2.86. The Kier molecular flexibility index (Phi) is 8.45. The molecule has 0 radical (unpaired) electrons. The number of halogens is 3. The van der Waals surface area contributed by atoms with Crippen molar-refractivity contribution in [3.8, 4) is 0 Å². The Morgan fingerprint density at radius 1 is 1.14 bits per heavy atom. The van der Waals surface area contributed by atoms with Crippen LogP contribution in [0.3, 0.4) is 0 Å². The number of benzene rings is 1. The smallest absolute Gasteiger partial charge is 0.341 e. The van der Waals surface area contributed by atoms with Gasteiger partial charge >= 0.3 is 12.1 Å². The number of amides is 1. The molecule has 0 saturated heterocycles. The van der Waals surface area contributed by atoms with E-state index in [-0.39, 0.29) is 18.6 Å². The molecule has 0 spiro atoms. The topological polar surface area (TPSA) is 46.2 Å². The molecule has 1 aliphatic carbocycles. The van der Waals surface area contributed by atoms with Crippen molar-refractivity contribution >= 4 is 11.7 Å². The third kappa shape index (κ3) is 5.16. The zero-order valence-corrected chi connectivity index (χ0v) is 13.3. The number of hydrogen-bond acceptors (Lipinski definition) is 2. The molecule has 0 aromatic heterocycles. The van der Waals surface area contributed by atoms with Gasteiger partial charge in [0.2, 0.25) is 0 Å². The van der Waals surface area contributed by atoms with Crippen LogP contribution < -0.4 is 5.32 Å². The lowest BCUT2D eigenvalue weighted by Gasteiger charge is -2.25. The number of carbonyl (C=O) groups excluding carboxylic acids is 2. The fraction of sp³-hybridized carbons (Fsp3) is 0.500. The molecule has 1 aromatic carbocycles. The third-order valence-electron chi connectivity index (χ3n) is 2.86. The molecule has 0 saturated carbocycles. The Morgan fingerprint density at radius 2 is 1.68 bits per heavy atom. The first kappa shape index (κ1) is 20.1. The van der Waals surface area contributed by atoms with Crippen LogP contribution in [0.4, 0.5) is 13.2 Å². The van der Waals surface area contributed by atoms with Gasteiger partial charge in [-0.2, -0.15) is 13.2 Å². The molecule has 1 N–H and O–H groups in total. The predicted molar refractivity (Wildman–Crippen MR) is 79.6 cm³/mol. The SMILES string of the molecule is CC.CC.O=C1CC[C@@H](NC(=O)C(F)(F)F)c2ccccc21. The van der Waals surface area contributed by atoms with Crippen molar-refractivity contribution in [3.63, 3.8) is 0 Å². The fourth-order valence-corrected chi connectivity index (χ4v) is 2.01. The zero-order chi connectivity index (χ0) is 17.3. The number of hydrogen-bond donors (Lipinski definition) is 1. The second-order valence-electron chi connectivity index (χ2n) is 4.07. The van der Waals surface area contributed by atoms with E-state index in [1.807, 2.05) is 33.0 Å². The molecular formula is C16H22F3NO2. The number of Topliss-reactive ketones (excluding diaryl/α,β-unsaturated/α-hetero) is 1. The lowest BCUT2D eigenvalue weighted by atomic mass is 9.87. The van der Waals surface area contributed by atoms with Gasteiger partial charge in [-0.25, -0.2) is 0 Å². The van der Waals surface area contributed by atoms with Gasteiger partial charge in [0.15, 0.2) is 5.78 Å². The van der Waals surface area contributed by atoms with Crippen LogP contribution in [-0.2, 0) is 4.79 Å². The minimum Gasteiger partial charge on any atom is -0.341 e. The van der Waals surface area contributed by atoms with Crippen molar-refractivity contribution in [2.45, 2.75) is 52.8 Å². The summed E-state index contributed by atoms with van der Waals surface area (Å²) in [7, 11) is 0. The van der Waals surface area contributed by atoms with Gasteiger partial charge in [-0.05, 0) is 12.0 Å². The molecule has 6 heteroatoms. The quantitative estimate of drug-likeness (QED) is 0.832. The second kappa shape index (κ2) is 9.23. The molecule has 0 unspecified atom stereocenters. The monoisotopic (exact) mass is 317 g/mol. The Labute approximate surface area is 128 Å². The molecular weight excluding hydrogens is 295 g/mol. The largest absolute Gasteiger partial charge is 0.471 e. The average molecular weight is 317 g/mol. The van der Waals surface area contributed by atoms with Gasteiger partial charge in [-0.15, -0.1) is 0 Å². The van der Waals surface area contributed by atoms with Gasteiger partial charge in [-0.1, -0.05) is 52.0 Å².